The van der Waals surface area contributed by atoms with Crippen LogP contribution in [0.1, 0.15) is 12.5 Å². The first kappa shape index (κ1) is 11.9. The summed E-state index contributed by atoms with van der Waals surface area (Å²) < 4.78 is 10.3. The molecule has 1 N–H and O–H groups in total. The van der Waals surface area contributed by atoms with Crippen molar-refractivity contribution >= 4 is 5.97 Å². The number of benzene rings is 1. The first-order valence-corrected chi connectivity index (χ1v) is 5.55. The zero-order valence-corrected chi connectivity index (χ0v) is 9.97. The maximum atomic E-state index is 11.2. The van der Waals surface area contributed by atoms with E-state index in [1.54, 1.807) is 14.0 Å². The van der Waals surface area contributed by atoms with Gasteiger partial charge >= 0.3 is 5.97 Å². The van der Waals surface area contributed by atoms with Gasteiger partial charge in [0.1, 0.15) is 5.75 Å². The van der Waals surface area contributed by atoms with Crippen LogP contribution in [-0.2, 0) is 14.9 Å². The number of hydrogen-bond acceptors (Lipinski definition) is 3. The topological polar surface area (TPSA) is 55.8 Å². The number of ether oxygens (including phenoxy) is 2. The molecule has 0 amide bonds. The van der Waals surface area contributed by atoms with E-state index in [-0.39, 0.29) is 0 Å². The van der Waals surface area contributed by atoms with E-state index in [0.29, 0.717) is 13.2 Å². The minimum absolute atomic E-state index is 0.391. The molecule has 1 aromatic carbocycles. The lowest BCUT2D eigenvalue weighted by atomic mass is 9.69. The fourth-order valence-corrected chi connectivity index (χ4v) is 2.15. The van der Waals surface area contributed by atoms with Gasteiger partial charge in [-0.15, -0.1) is 0 Å². The molecule has 17 heavy (non-hydrogen) atoms. The van der Waals surface area contributed by atoms with Crippen molar-refractivity contribution in [2.45, 2.75) is 12.3 Å². The summed E-state index contributed by atoms with van der Waals surface area (Å²) in [4.78, 5) is 11.2. The van der Waals surface area contributed by atoms with E-state index >= 15 is 0 Å². The molecule has 4 nitrogen and oxygen atoms in total. The van der Waals surface area contributed by atoms with Gasteiger partial charge in [-0.2, -0.15) is 0 Å². The Bertz CT molecular complexity index is 406. The first-order valence-electron chi connectivity index (χ1n) is 5.55. The second-order valence-corrected chi connectivity index (χ2v) is 4.44. The van der Waals surface area contributed by atoms with Gasteiger partial charge in [0, 0.05) is 0 Å². The van der Waals surface area contributed by atoms with Crippen LogP contribution in [0.4, 0.5) is 0 Å². The van der Waals surface area contributed by atoms with Crippen molar-refractivity contribution in [3.8, 4) is 5.75 Å². The van der Waals surface area contributed by atoms with E-state index in [0.717, 1.165) is 11.3 Å². The maximum absolute atomic E-state index is 11.2. The molecule has 0 radical (unpaired) electrons. The molecule has 0 aromatic heterocycles. The molecule has 2 rings (SSSR count). The summed E-state index contributed by atoms with van der Waals surface area (Å²) in [7, 11) is 1.61. The van der Waals surface area contributed by atoms with Gasteiger partial charge in [-0.25, -0.2) is 0 Å². The second-order valence-electron chi connectivity index (χ2n) is 4.44. The molecule has 0 saturated carbocycles. The van der Waals surface area contributed by atoms with Crippen molar-refractivity contribution in [3.63, 3.8) is 0 Å². The van der Waals surface area contributed by atoms with E-state index in [4.69, 9.17) is 14.6 Å². The summed E-state index contributed by atoms with van der Waals surface area (Å²) >= 11 is 0. The summed E-state index contributed by atoms with van der Waals surface area (Å²) in [6.45, 7) is 2.66. The summed E-state index contributed by atoms with van der Waals surface area (Å²) in [5.74, 6) is -0.471. The Kier molecular flexibility index (Phi) is 3.07. The van der Waals surface area contributed by atoms with Gasteiger partial charge < -0.3 is 14.6 Å². The highest BCUT2D eigenvalue weighted by molar-refractivity contribution is 5.72. The van der Waals surface area contributed by atoms with Gasteiger partial charge in [-0.3, -0.25) is 4.79 Å². The van der Waals surface area contributed by atoms with Crippen molar-refractivity contribution in [1.82, 2.24) is 0 Å². The van der Waals surface area contributed by atoms with E-state index in [1.165, 1.54) is 0 Å². The van der Waals surface area contributed by atoms with Crippen LogP contribution in [-0.4, -0.2) is 31.4 Å². The second kappa shape index (κ2) is 4.37. The largest absolute Gasteiger partial charge is 0.497 e. The number of carboxylic acid groups (broad SMARTS) is 1. The predicted octanol–water partition coefficient (Wildman–Crippen LogP) is 1.68. The highest BCUT2D eigenvalue weighted by Crippen LogP contribution is 2.40. The Morgan fingerprint density at radius 1 is 1.41 bits per heavy atom. The standard InChI is InChI=1S/C13H16O4/c1-9(12(14)15)13(7-17-8-13)10-3-5-11(16-2)6-4-10/h3-6,9H,7-8H2,1-2H3,(H,14,15). The Balaban J connectivity index is 2.31. The van der Waals surface area contributed by atoms with Crippen LogP contribution in [0, 0.1) is 5.92 Å². The third-order valence-corrected chi connectivity index (χ3v) is 3.58. The highest BCUT2D eigenvalue weighted by Gasteiger charge is 2.48. The molecule has 0 aliphatic carbocycles. The Hall–Kier alpha value is -1.55. The van der Waals surface area contributed by atoms with Gasteiger partial charge in [0.05, 0.1) is 31.7 Å². The fraction of sp³-hybridized carbons (Fsp3) is 0.462. The molecule has 92 valence electrons. The lowest BCUT2D eigenvalue weighted by molar-refractivity contribution is -0.155. The van der Waals surface area contributed by atoms with Crippen LogP contribution in [0.3, 0.4) is 0 Å². The van der Waals surface area contributed by atoms with E-state index in [9.17, 15) is 4.79 Å². The summed E-state index contributed by atoms with van der Waals surface area (Å²) in [6, 6.07) is 7.54. The summed E-state index contributed by atoms with van der Waals surface area (Å²) in [6.07, 6.45) is 0. The highest BCUT2D eigenvalue weighted by atomic mass is 16.5. The monoisotopic (exact) mass is 236 g/mol. The number of rotatable bonds is 4. The van der Waals surface area contributed by atoms with Crippen molar-refractivity contribution in [3.05, 3.63) is 29.8 Å². The number of aliphatic carboxylic acids is 1. The molecule has 1 atom stereocenters. The first-order chi connectivity index (χ1) is 8.10. The molecular formula is C13H16O4. The average molecular weight is 236 g/mol. The lowest BCUT2D eigenvalue weighted by Gasteiger charge is -2.44. The quantitative estimate of drug-likeness (QED) is 0.864. The zero-order valence-electron chi connectivity index (χ0n) is 9.97. The van der Waals surface area contributed by atoms with Gasteiger partial charge in [0.2, 0.25) is 0 Å². The lowest BCUT2D eigenvalue weighted by Crippen LogP contribution is -2.53. The summed E-state index contributed by atoms with van der Waals surface area (Å²) in [5, 5.41) is 9.16. The minimum atomic E-state index is -0.788. The molecule has 1 aromatic rings. The van der Waals surface area contributed by atoms with Crippen LogP contribution in [0.2, 0.25) is 0 Å². The van der Waals surface area contributed by atoms with Gasteiger partial charge in [0.25, 0.3) is 0 Å². The molecule has 1 aliphatic heterocycles. The Morgan fingerprint density at radius 2 is 2.00 bits per heavy atom. The van der Waals surface area contributed by atoms with Crippen molar-refractivity contribution in [2.75, 3.05) is 20.3 Å². The van der Waals surface area contributed by atoms with Crippen molar-refractivity contribution in [1.29, 1.82) is 0 Å². The average Bonchev–Trinajstić information content (AvgIpc) is 2.28. The van der Waals surface area contributed by atoms with Crippen LogP contribution >= 0.6 is 0 Å². The number of carbonyl (C=O) groups is 1. The van der Waals surface area contributed by atoms with E-state index in [2.05, 4.69) is 0 Å². The SMILES string of the molecule is COc1ccc(C2(C(C)C(=O)O)COC2)cc1. The van der Waals surface area contributed by atoms with Crippen LogP contribution in [0.15, 0.2) is 24.3 Å². The van der Waals surface area contributed by atoms with E-state index in [1.807, 2.05) is 24.3 Å². The molecule has 1 unspecified atom stereocenters. The third-order valence-electron chi connectivity index (χ3n) is 3.58. The fourth-order valence-electron chi connectivity index (χ4n) is 2.15. The number of methoxy groups -OCH3 is 1. The number of hydrogen-bond donors (Lipinski definition) is 1. The molecule has 1 fully saturated rings. The van der Waals surface area contributed by atoms with Crippen LogP contribution in [0.5, 0.6) is 5.75 Å². The molecule has 0 bridgehead atoms. The molecule has 1 saturated heterocycles. The normalized spacial score (nSPS) is 19.2. The van der Waals surface area contributed by atoms with Gasteiger partial charge in [-0.05, 0) is 17.7 Å². The zero-order chi connectivity index (χ0) is 12.5. The van der Waals surface area contributed by atoms with Crippen LogP contribution in [0.25, 0.3) is 0 Å². The van der Waals surface area contributed by atoms with Gasteiger partial charge in [-0.1, -0.05) is 19.1 Å². The van der Waals surface area contributed by atoms with Crippen molar-refractivity contribution < 1.29 is 19.4 Å². The molecule has 1 aliphatic rings. The van der Waals surface area contributed by atoms with Crippen molar-refractivity contribution in [2.24, 2.45) is 5.92 Å². The smallest absolute Gasteiger partial charge is 0.307 e. The van der Waals surface area contributed by atoms with Crippen LogP contribution < -0.4 is 4.74 Å². The van der Waals surface area contributed by atoms with Gasteiger partial charge in [0.15, 0.2) is 0 Å². The minimum Gasteiger partial charge on any atom is -0.497 e. The molecule has 0 spiro atoms. The third kappa shape index (κ3) is 1.89. The Morgan fingerprint density at radius 3 is 2.35 bits per heavy atom. The molecule has 1 heterocycles. The predicted molar refractivity (Wildman–Crippen MR) is 62.3 cm³/mol. The Labute approximate surface area is 100 Å². The summed E-state index contributed by atoms with van der Waals surface area (Å²) in [5.41, 5.74) is 0.609. The maximum Gasteiger partial charge on any atom is 0.307 e. The molecular weight excluding hydrogens is 220 g/mol. The van der Waals surface area contributed by atoms with E-state index < -0.39 is 17.3 Å². The molecule has 4 heteroatoms. The number of carboxylic acids is 1.